The van der Waals surface area contributed by atoms with Crippen LogP contribution in [0.3, 0.4) is 0 Å². The van der Waals surface area contributed by atoms with Gasteiger partial charge in [-0.15, -0.1) is 0 Å². The third-order valence-corrected chi connectivity index (χ3v) is 8.31. The van der Waals surface area contributed by atoms with Gasteiger partial charge in [0, 0.05) is 31.2 Å². The molecule has 1 fully saturated rings. The van der Waals surface area contributed by atoms with Crippen LogP contribution in [0.25, 0.3) is 11.3 Å². The van der Waals surface area contributed by atoms with Gasteiger partial charge in [-0.25, -0.2) is 14.6 Å². The smallest absolute Gasteiger partial charge is 0.410 e. The van der Waals surface area contributed by atoms with Crippen molar-refractivity contribution >= 4 is 12.2 Å². The summed E-state index contributed by atoms with van der Waals surface area (Å²) in [6, 6.07) is 17.7. The Balaban J connectivity index is 1.50. The molecule has 0 N–H and O–H groups in total. The topological polar surface area (TPSA) is 94.1 Å². The minimum Gasteiger partial charge on any atom is -0.477 e. The second-order valence-electron chi connectivity index (χ2n) is 12.3. The Kier molecular flexibility index (Phi) is 8.89. The lowest BCUT2D eigenvalue weighted by Gasteiger charge is -2.52. The van der Waals surface area contributed by atoms with Crippen LogP contribution in [0.4, 0.5) is 9.59 Å². The molecule has 0 aliphatic carbocycles. The van der Waals surface area contributed by atoms with Crippen molar-refractivity contribution in [1.82, 2.24) is 19.8 Å². The quantitative estimate of drug-likeness (QED) is 0.321. The summed E-state index contributed by atoms with van der Waals surface area (Å²) in [5.41, 5.74) is 3.46. The van der Waals surface area contributed by atoms with E-state index in [4.69, 9.17) is 19.2 Å². The Bertz CT molecular complexity index is 1440. The summed E-state index contributed by atoms with van der Waals surface area (Å²) in [7, 11) is 0. The van der Waals surface area contributed by atoms with Crippen LogP contribution < -0.4 is 4.74 Å². The lowest BCUT2D eigenvalue weighted by Crippen LogP contribution is -2.59. The van der Waals surface area contributed by atoms with Crippen LogP contribution in [-0.2, 0) is 28.0 Å². The number of rotatable bonds is 6. The Morgan fingerprint density at radius 1 is 1.00 bits per heavy atom. The molecule has 2 amide bonds. The van der Waals surface area contributed by atoms with Gasteiger partial charge in [0.25, 0.3) is 0 Å². The number of piperidine rings is 1. The third kappa shape index (κ3) is 6.60. The van der Waals surface area contributed by atoms with Crippen molar-refractivity contribution in [2.45, 2.75) is 71.6 Å². The average molecular weight is 587 g/mol. The molecular weight excluding hydrogens is 544 g/mol. The largest absolute Gasteiger partial charge is 0.477 e. The first-order valence-electron chi connectivity index (χ1n) is 15.2. The fourth-order valence-electron chi connectivity index (χ4n) is 6.31. The number of nitrogens with zero attached hydrogens (tertiary/aromatic N) is 4. The standard InChI is InChI=1S/C34H42N4O5/c1-6-25-20-37(32(40)43-33(3,4)5)19-17-34(25)23-38(31(39)42-22-24-12-9-8-10-13-24)21-29-27(34)15-16-28(36-29)26-14-11-18-35-30(26)41-7-2/h8-16,18,25H,6-7,17,19-23H2,1-5H3/t25-,34+/m1/s1. The number of carbonyl (C=O) groups excluding carboxylic acids is 2. The molecule has 1 saturated heterocycles. The number of likely N-dealkylation sites (tertiary alicyclic amines) is 1. The molecule has 1 aromatic carbocycles. The summed E-state index contributed by atoms with van der Waals surface area (Å²) in [5.74, 6) is 0.612. The van der Waals surface area contributed by atoms with Crippen LogP contribution in [0.2, 0.25) is 0 Å². The van der Waals surface area contributed by atoms with E-state index >= 15 is 0 Å². The van der Waals surface area contributed by atoms with Crippen molar-refractivity contribution in [3.63, 3.8) is 0 Å². The molecule has 43 heavy (non-hydrogen) atoms. The van der Waals surface area contributed by atoms with Crippen molar-refractivity contribution in [1.29, 1.82) is 0 Å². The zero-order chi connectivity index (χ0) is 30.6. The van der Waals surface area contributed by atoms with Crippen LogP contribution >= 0.6 is 0 Å². The fraction of sp³-hybridized carbons (Fsp3) is 0.471. The molecule has 228 valence electrons. The molecule has 0 radical (unpaired) electrons. The van der Waals surface area contributed by atoms with Gasteiger partial charge in [0.2, 0.25) is 5.88 Å². The van der Waals surface area contributed by atoms with Crippen molar-refractivity contribution in [2.24, 2.45) is 5.92 Å². The SMILES string of the molecule is CCOc1ncccc1-c1ccc2c(n1)CN(C(=O)OCc1ccccc1)C[C@]21CCN(C(=O)OC(C)(C)C)C[C@H]1CC. The van der Waals surface area contributed by atoms with Crippen molar-refractivity contribution in [3.8, 4) is 17.1 Å². The summed E-state index contributed by atoms with van der Waals surface area (Å²) < 4.78 is 17.3. The summed E-state index contributed by atoms with van der Waals surface area (Å²) >= 11 is 0. The highest BCUT2D eigenvalue weighted by atomic mass is 16.6. The first-order valence-corrected chi connectivity index (χ1v) is 15.2. The van der Waals surface area contributed by atoms with Gasteiger partial charge in [0.1, 0.15) is 12.2 Å². The minimum atomic E-state index is -0.572. The first kappa shape index (κ1) is 30.3. The molecule has 2 aromatic heterocycles. The maximum atomic E-state index is 13.6. The van der Waals surface area contributed by atoms with Crippen molar-refractivity contribution < 1.29 is 23.8 Å². The highest BCUT2D eigenvalue weighted by Crippen LogP contribution is 2.47. The fourth-order valence-corrected chi connectivity index (χ4v) is 6.31. The number of amides is 2. The number of carbonyl (C=O) groups is 2. The molecule has 4 heterocycles. The van der Waals surface area contributed by atoms with E-state index in [1.807, 2.05) is 81.1 Å². The van der Waals surface area contributed by atoms with E-state index in [0.717, 1.165) is 34.5 Å². The summed E-state index contributed by atoms with van der Waals surface area (Å²) in [5, 5.41) is 0. The molecule has 0 unspecified atom stereocenters. The number of benzene rings is 1. The molecule has 2 aliphatic rings. The van der Waals surface area contributed by atoms with Gasteiger partial charge in [0.15, 0.2) is 0 Å². The molecule has 5 rings (SSSR count). The normalized spacial score (nSPS) is 20.0. The highest BCUT2D eigenvalue weighted by molar-refractivity contribution is 5.71. The number of pyridine rings is 2. The number of fused-ring (bicyclic) bond motifs is 2. The van der Waals surface area contributed by atoms with E-state index in [1.54, 1.807) is 11.1 Å². The second-order valence-corrected chi connectivity index (χ2v) is 12.3. The van der Waals surface area contributed by atoms with E-state index in [9.17, 15) is 9.59 Å². The lowest BCUT2D eigenvalue weighted by molar-refractivity contribution is -0.00454. The van der Waals surface area contributed by atoms with Gasteiger partial charge >= 0.3 is 12.2 Å². The molecule has 1 spiro atoms. The van der Waals surface area contributed by atoms with Crippen LogP contribution in [0, 0.1) is 5.92 Å². The van der Waals surface area contributed by atoms with E-state index in [-0.39, 0.29) is 24.7 Å². The van der Waals surface area contributed by atoms with E-state index in [0.29, 0.717) is 45.1 Å². The first-order chi connectivity index (χ1) is 20.6. The zero-order valence-corrected chi connectivity index (χ0v) is 25.8. The number of hydrogen-bond acceptors (Lipinski definition) is 7. The maximum Gasteiger partial charge on any atom is 0.410 e. The molecule has 0 bridgehead atoms. The average Bonchev–Trinajstić information content (AvgIpc) is 3.00. The highest BCUT2D eigenvalue weighted by Gasteiger charge is 2.50. The molecule has 9 nitrogen and oxygen atoms in total. The van der Waals surface area contributed by atoms with Gasteiger partial charge in [-0.2, -0.15) is 0 Å². The molecule has 0 saturated carbocycles. The van der Waals surface area contributed by atoms with Crippen LogP contribution in [0.1, 0.15) is 64.3 Å². The Labute approximate surface area is 254 Å². The number of hydrogen-bond donors (Lipinski definition) is 0. The zero-order valence-electron chi connectivity index (χ0n) is 25.8. The third-order valence-electron chi connectivity index (χ3n) is 8.31. The van der Waals surface area contributed by atoms with Gasteiger partial charge < -0.3 is 24.0 Å². The van der Waals surface area contributed by atoms with E-state index in [1.165, 1.54) is 0 Å². The van der Waals surface area contributed by atoms with E-state index in [2.05, 4.69) is 18.0 Å². The molecule has 3 aromatic rings. The van der Waals surface area contributed by atoms with Crippen molar-refractivity contribution in [3.05, 3.63) is 77.6 Å². The van der Waals surface area contributed by atoms with Crippen LogP contribution in [0.15, 0.2) is 60.8 Å². The van der Waals surface area contributed by atoms with Gasteiger partial charge in [-0.05, 0) is 69.4 Å². The van der Waals surface area contributed by atoms with Gasteiger partial charge in [-0.1, -0.05) is 49.7 Å². The lowest BCUT2D eigenvalue weighted by atomic mass is 9.62. The number of aromatic nitrogens is 2. The number of ether oxygens (including phenoxy) is 3. The molecular formula is C34H42N4O5. The van der Waals surface area contributed by atoms with Gasteiger partial charge in [-0.3, -0.25) is 4.98 Å². The molecule has 2 atom stereocenters. The summed E-state index contributed by atoms with van der Waals surface area (Å²) in [4.78, 5) is 39.8. The monoisotopic (exact) mass is 586 g/mol. The summed E-state index contributed by atoms with van der Waals surface area (Å²) in [6.07, 6.45) is 2.53. The second kappa shape index (κ2) is 12.6. The van der Waals surface area contributed by atoms with Crippen molar-refractivity contribution in [2.75, 3.05) is 26.2 Å². The molecule has 9 heteroatoms. The predicted octanol–water partition coefficient (Wildman–Crippen LogP) is 6.60. The summed E-state index contributed by atoms with van der Waals surface area (Å²) in [6.45, 7) is 12.3. The Hall–Kier alpha value is -4.14. The Morgan fingerprint density at radius 3 is 2.51 bits per heavy atom. The maximum absolute atomic E-state index is 13.6. The Morgan fingerprint density at radius 2 is 1.79 bits per heavy atom. The van der Waals surface area contributed by atoms with Crippen LogP contribution in [-0.4, -0.2) is 63.8 Å². The van der Waals surface area contributed by atoms with Crippen LogP contribution in [0.5, 0.6) is 5.88 Å². The predicted molar refractivity (Wildman–Crippen MR) is 164 cm³/mol. The van der Waals surface area contributed by atoms with E-state index < -0.39 is 11.0 Å². The minimum absolute atomic E-state index is 0.0854. The molecule has 2 aliphatic heterocycles. The van der Waals surface area contributed by atoms with Gasteiger partial charge in [0.05, 0.1) is 30.1 Å².